The molecule has 0 atom stereocenters. The van der Waals surface area contributed by atoms with E-state index in [4.69, 9.17) is 18.7 Å². The van der Waals surface area contributed by atoms with Crippen LogP contribution in [0.15, 0.2) is 58.6 Å². The number of hydrogen-bond acceptors (Lipinski definition) is 5. The third-order valence-corrected chi connectivity index (χ3v) is 3.88. The fourth-order valence-corrected chi connectivity index (χ4v) is 2.31. The van der Waals surface area contributed by atoms with Crippen molar-refractivity contribution in [3.8, 4) is 0 Å². The minimum atomic E-state index is -3.85. The second-order valence-electron chi connectivity index (χ2n) is 4.51. The summed E-state index contributed by atoms with van der Waals surface area (Å²) in [7, 11) is -3.85. The molecule has 30 heavy (non-hydrogen) atoms. The molecule has 0 bridgehead atoms. The van der Waals surface area contributed by atoms with E-state index in [1.807, 2.05) is 18.7 Å². The van der Waals surface area contributed by atoms with Crippen LogP contribution in [0, 0.1) is 26.9 Å². The van der Waals surface area contributed by atoms with Crippen LogP contribution >= 0.6 is 0 Å². The van der Waals surface area contributed by atoms with Gasteiger partial charge in [0.15, 0.2) is 5.71 Å². The van der Waals surface area contributed by atoms with E-state index in [2.05, 4.69) is 25.1 Å². The average Bonchev–Trinajstić information content (AvgIpc) is 2.75. The van der Waals surface area contributed by atoms with Gasteiger partial charge in [0, 0.05) is 17.1 Å². The molecular formula is C19H20FeN2O7S. The summed E-state index contributed by atoms with van der Waals surface area (Å²) in [6, 6.07) is 6.28. The molecule has 0 aromatic heterocycles. The summed E-state index contributed by atoms with van der Waals surface area (Å²) in [6.45, 7) is 19.0. The van der Waals surface area contributed by atoms with Gasteiger partial charge in [-0.25, -0.2) is 4.79 Å². The zero-order valence-corrected chi connectivity index (χ0v) is 18.3. The molecule has 162 valence electrons. The van der Waals surface area contributed by atoms with Gasteiger partial charge in [-0.2, -0.15) is 18.4 Å². The number of sulfonamides is 1. The molecule has 0 fully saturated rings. The van der Waals surface area contributed by atoms with Crippen LogP contribution in [-0.2, 0) is 50.6 Å². The van der Waals surface area contributed by atoms with E-state index in [9.17, 15) is 13.2 Å². The van der Waals surface area contributed by atoms with Crippen LogP contribution in [0.2, 0.25) is 0 Å². The summed E-state index contributed by atoms with van der Waals surface area (Å²) in [5, 5.41) is 3.67. The molecule has 0 saturated carbocycles. The number of nitrogens with zero attached hydrogens (tertiary/aromatic N) is 1. The number of esters is 1. The van der Waals surface area contributed by atoms with Gasteiger partial charge >= 0.3 is 39.9 Å². The third-order valence-electron chi connectivity index (χ3n) is 2.66. The van der Waals surface area contributed by atoms with Gasteiger partial charge in [0.05, 0.1) is 11.5 Å². The summed E-state index contributed by atoms with van der Waals surface area (Å²) < 4.78 is 51.6. The number of hydrazone groups is 1. The Balaban J connectivity index is -0.000000441. The van der Waals surface area contributed by atoms with Crippen LogP contribution < -0.4 is 4.83 Å². The Morgan fingerprint density at radius 2 is 1.60 bits per heavy atom. The monoisotopic (exact) mass is 476 g/mol. The van der Waals surface area contributed by atoms with E-state index >= 15 is 0 Å². The fraction of sp³-hybridized carbons (Fsp3) is 0.211. The predicted molar refractivity (Wildman–Crippen MR) is 101 cm³/mol. The van der Waals surface area contributed by atoms with E-state index in [-0.39, 0.29) is 34.3 Å². The maximum atomic E-state index is 12.1. The molecule has 1 rings (SSSR count). The zero-order chi connectivity index (χ0) is 23.3. The van der Waals surface area contributed by atoms with E-state index in [0.717, 1.165) is 5.56 Å². The molecule has 0 unspecified atom stereocenters. The topological polar surface area (TPSA) is 145 Å². The van der Waals surface area contributed by atoms with Crippen molar-refractivity contribution in [3.63, 3.8) is 0 Å². The van der Waals surface area contributed by atoms with Gasteiger partial charge in [0.25, 0.3) is 10.0 Å². The summed E-state index contributed by atoms with van der Waals surface area (Å²) in [5.41, 5.74) is 0.801. The van der Waals surface area contributed by atoms with Gasteiger partial charge < -0.3 is 4.74 Å². The van der Waals surface area contributed by atoms with E-state index < -0.39 is 16.0 Å². The second-order valence-corrected chi connectivity index (χ2v) is 6.17. The molecule has 11 heteroatoms. The predicted octanol–water partition coefficient (Wildman–Crippen LogP) is 2.21. The Bertz CT molecular complexity index is 839. The Morgan fingerprint density at radius 3 is 2.03 bits per heavy atom. The van der Waals surface area contributed by atoms with Crippen LogP contribution in [0.1, 0.15) is 19.4 Å². The van der Waals surface area contributed by atoms with Crippen LogP contribution in [0.25, 0.3) is 0 Å². The van der Waals surface area contributed by atoms with Crippen molar-refractivity contribution in [2.45, 2.75) is 25.7 Å². The molecule has 0 aliphatic carbocycles. The minimum Gasteiger partial charge on any atom is 0 e. The number of ether oxygens (including phenoxy) is 1. The van der Waals surface area contributed by atoms with Gasteiger partial charge in [-0.1, -0.05) is 35.9 Å². The average molecular weight is 476 g/mol. The van der Waals surface area contributed by atoms with Gasteiger partial charge in [-0.15, -0.1) is 0 Å². The van der Waals surface area contributed by atoms with Gasteiger partial charge in [-0.3, -0.25) is 0 Å². The van der Waals surface area contributed by atoms with Crippen molar-refractivity contribution < 1.29 is 49.0 Å². The smallest absolute Gasteiger partial charge is 0 e. The quantitative estimate of drug-likeness (QED) is 0.122. The first-order valence-corrected chi connectivity index (χ1v) is 9.13. The maximum absolute atomic E-state index is 12.1. The first kappa shape index (κ1) is 34.8. The Morgan fingerprint density at radius 1 is 1.10 bits per heavy atom. The van der Waals surface area contributed by atoms with E-state index in [1.165, 1.54) is 18.2 Å². The minimum absolute atomic E-state index is 0. The van der Waals surface area contributed by atoms with Crippen molar-refractivity contribution in [1.82, 2.24) is 4.83 Å². The number of carbonyl (C=O) groups is 1. The SMILES string of the molecule is C/C=C/C=C/C(=N\NS(=O)(=O)c1ccc(C)cc1)C(=O)OCC.[C-]#[O+].[C-]#[O+].[C-]#[O+].[Fe]. The normalized spacial score (nSPS) is 9.97. The number of benzene rings is 1. The molecule has 0 saturated heterocycles. The van der Waals surface area contributed by atoms with Crippen LogP contribution in [0.3, 0.4) is 0 Å². The van der Waals surface area contributed by atoms with Gasteiger partial charge in [-0.05, 0) is 39.0 Å². The zero-order valence-electron chi connectivity index (χ0n) is 16.4. The van der Waals surface area contributed by atoms with E-state index in [1.54, 1.807) is 37.3 Å². The molecule has 0 spiro atoms. The second kappa shape index (κ2) is 22.6. The molecule has 0 amide bonds. The first-order chi connectivity index (χ1) is 13.9. The standard InChI is InChI=1S/C16H20N2O4S.3CO.Fe/c1-4-6-7-8-15(16(19)22-5-2)17-18-23(20,21)14-11-9-13(3)10-12-14;3*1-2;/h4,6-12,18H,5H2,1-3H3;;;;/b6-4+,8-7+,17-15+;;;;. The number of nitrogens with one attached hydrogen (secondary N) is 1. The summed E-state index contributed by atoms with van der Waals surface area (Å²) in [4.78, 5) is 13.9. The summed E-state index contributed by atoms with van der Waals surface area (Å²) >= 11 is 0. The number of carbonyl (C=O) groups excluding carboxylic acids is 1. The molecule has 0 radical (unpaired) electrons. The number of hydrogen-bond donors (Lipinski definition) is 1. The molecule has 0 heterocycles. The summed E-state index contributed by atoms with van der Waals surface area (Å²) in [6.07, 6.45) is 6.38. The third kappa shape index (κ3) is 15.3. The maximum Gasteiger partial charge on any atom is 0 e. The van der Waals surface area contributed by atoms with Crippen molar-refractivity contribution in [2.75, 3.05) is 6.61 Å². The van der Waals surface area contributed by atoms with Crippen molar-refractivity contribution in [3.05, 3.63) is 74.1 Å². The molecule has 9 nitrogen and oxygen atoms in total. The molecular weight excluding hydrogens is 456 g/mol. The number of allylic oxidation sites excluding steroid dienone is 3. The summed E-state index contributed by atoms with van der Waals surface area (Å²) in [5.74, 6) is -0.708. The van der Waals surface area contributed by atoms with Crippen LogP contribution in [-0.4, -0.2) is 26.7 Å². The van der Waals surface area contributed by atoms with Gasteiger partial charge in [0.1, 0.15) is 0 Å². The van der Waals surface area contributed by atoms with Crippen molar-refractivity contribution in [2.24, 2.45) is 5.10 Å². The van der Waals surface area contributed by atoms with Crippen molar-refractivity contribution >= 4 is 21.7 Å². The Labute approximate surface area is 187 Å². The molecule has 1 N–H and O–H groups in total. The van der Waals surface area contributed by atoms with Crippen LogP contribution in [0.4, 0.5) is 0 Å². The molecule has 0 aliphatic rings. The van der Waals surface area contributed by atoms with Crippen LogP contribution in [0.5, 0.6) is 0 Å². The molecule has 1 aromatic rings. The van der Waals surface area contributed by atoms with Crippen molar-refractivity contribution in [1.29, 1.82) is 0 Å². The Kier molecular flexibility index (Phi) is 26.2. The van der Waals surface area contributed by atoms with E-state index in [0.29, 0.717) is 0 Å². The first-order valence-electron chi connectivity index (χ1n) is 7.64. The van der Waals surface area contributed by atoms with Gasteiger partial charge in [0.2, 0.25) is 0 Å². The number of aryl methyl sites for hydroxylation is 1. The molecule has 0 aliphatic heterocycles. The largest absolute Gasteiger partial charge is 0 e. The number of rotatable bonds is 7. The fourth-order valence-electron chi connectivity index (χ4n) is 1.49. The Hall–Kier alpha value is -2.67. The molecule has 1 aromatic carbocycles.